The smallest absolute Gasteiger partial charge is 0.243 e. The van der Waals surface area contributed by atoms with Crippen LogP contribution in [0.15, 0.2) is 30.3 Å². The highest BCUT2D eigenvalue weighted by molar-refractivity contribution is 14.1. The molecule has 1 aromatic carbocycles. The summed E-state index contributed by atoms with van der Waals surface area (Å²) in [4.78, 5) is 16.6. The Hall–Kier alpha value is -0.620. The molecule has 0 radical (unpaired) electrons. The Balaban J connectivity index is 2.43. The van der Waals surface area contributed by atoms with E-state index in [0.717, 1.165) is 9.99 Å². The highest BCUT2D eigenvalue weighted by Gasteiger charge is 2.07. The number of carbonyl (C=O) groups excluding carboxylic acids is 1. The van der Waals surface area contributed by atoms with Crippen LogP contribution >= 0.6 is 22.6 Å². The van der Waals surface area contributed by atoms with Gasteiger partial charge in [-0.3, -0.25) is 9.63 Å². The van der Waals surface area contributed by atoms with Crippen LogP contribution in [0.5, 0.6) is 0 Å². The molecule has 3 nitrogen and oxygen atoms in total. The number of rotatable bonds is 5. The van der Waals surface area contributed by atoms with Crippen molar-refractivity contribution < 1.29 is 9.63 Å². The molecule has 0 saturated carbocycles. The number of carbonyl (C=O) groups is 1. The van der Waals surface area contributed by atoms with Crippen LogP contribution in [0, 0.1) is 0 Å². The number of alkyl halides is 1. The fourth-order valence-electron chi connectivity index (χ4n) is 1.12. The highest BCUT2D eigenvalue weighted by atomic mass is 127. The van der Waals surface area contributed by atoms with Crippen molar-refractivity contribution in [3.63, 3.8) is 0 Å². The second-order valence-electron chi connectivity index (χ2n) is 3.07. The number of hydrogen-bond donors (Lipinski definition) is 0. The molecule has 4 heteroatoms. The highest BCUT2D eigenvalue weighted by Crippen LogP contribution is 2.03. The van der Waals surface area contributed by atoms with E-state index < -0.39 is 0 Å². The van der Waals surface area contributed by atoms with E-state index in [0.29, 0.717) is 13.2 Å². The van der Waals surface area contributed by atoms with Crippen molar-refractivity contribution in [3.05, 3.63) is 35.9 Å². The van der Waals surface area contributed by atoms with Gasteiger partial charge < -0.3 is 0 Å². The third kappa shape index (κ3) is 4.61. The van der Waals surface area contributed by atoms with Crippen molar-refractivity contribution in [1.29, 1.82) is 0 Å². The Morgan fingerprint density at radius 1 is 1.40 bits per heavy atom. The minimum atomic E-state index is -0.0532. The van der Waals surface area contributed by atoms with E-state index in [1.807, 2.05) is 30.3 Å². The van der Waals surface area contributed by atoms with Gasteiger partial charge in [0.15, 0.2) is 0 Å². The monoisotopic (exact) mass is 319 g/mol. The molecule has 0 atom stereocenters. The topological polar surface area (TPSA) is 29.5 Å². The van der Waals surface area contributed by atoms with Gasteiger partial charge >= 0.3 is 0 Å². The molecular weight excluding hydrogens is 305 g/mol. The maximum Gasteiger partial charge on any atom is 0.243 e. The lowest BCUT2D eigenvalue weighted by Gasteiger charge is -2.19. The predicted octanol–water partition coefficient (Wildman–Crippen LogP) is 2.40. The molecule has 1 amide bonds. The summed E-state index contributed by atoms with van der Waals surface area (Å²) in [6, 6.07) is 9.81. The van der Waals surface area contributed by atoms with Crippen LogP contribution < -0.4 is 0 Å². The van der Waals surface area contributed by atoms with Crippen molar-refractivity contribution in [1.82, 2.24) is 5.06 Å². The molecule has 0 aliphatic rings. The molecule has 0 N–H and O–H groups in total. The molecular formula is C11H14INO2. The number of benzene rings is 1. The summed E-state index contributed by atoms with van der Waals surface area (Å²) in [5.41, 5.74) is 1.07. The molecule has 0 aliphatic carbocycles. The fourth-order valence-corrected chi connectivity index (χ4v) is 1.55. The number of amides is 1. The zero-order valence-corrected chi connectivity index (χ0v) is 10.8. The normalized spacial score (nSPS) is 10.0. The first-order valence-corrected chi connectivity index (χ1v) is 6.27. The van der Waals surface area contributed by atoms with Gasteiger partial charge in [0, 0.05) is 11.4 Å². The lowest BCUT2D eigenvalue weighted by molar-refractivity contribution is -0.187. The van der Waals surface area contributed by atoms with Gasteiger partial charge in [-0.25, -0.2) is 5.06 Å². The lowest BCUT2D eigenvalue weighted by Crippen LogP contribution is -2.30. The number of hydroxylamine groups is 2. The van der Waals surface area contributed by atoms with Crippen LogP contribution in [0.25, 0.3) is 0 Å². The van der Waals surface area contributed by atoms with Crippen LogP contribution in [0.2, 0.25) is 0 Å². The third-order valence-electron chi connectivity index (χ3n) is 1.87. The van der Waals surface area contributed by atoms with E-state index in [4.69, 9.17) is 4.84 Å². The molecule has 0 unspecified atom stereocenters. The average Bonchev–Trinajstić information content (AvgIpc) is 2.25. The van der Waals surface area contributed by atoms with Gasteiger partial charge in [-0.2, -0.15) is 0 Å². The Labute approximate surface area is 104 Å². The first kappa shape index (κ1) is 12.4. The summed E-state index contributed by atoms with van der Waals surface area (Å²) in [6.45, 7) is 2.58. The minimum absolute atomic E-state index is 0.0532. The van der Waals surface area contributed by atoms with E-state index in [1.54, 1.807) is 0 Å². The summed E-state index contributed by atoms with van der Waals surface area (Å²) in [6.07, 6.45) is 0. The van der Waals surface area contributed by atoms with Gasteiger partial charge in [-0.05, 0) is 5.56 Å². The molecule has 1 aromatic rings. The summed E-state index contributed by atoms with van der Waals surface area (Å²) in [5, 5.41) is 1.40. The SMILES string of the molecule is CC(=O)N(CCI)OCc1ccccc1. The second-order valence-corrected chi connectivity index (χ2v) is 4.15. The first-order chi connectivity index (χ1) is 7.24. The van der Waals surface area contributed by atoms with Crippen LogP contribution in [-0.2, 0) is 16.2 Å². The summed E-state index contributed by atoms with van der Waals surface area (Å²) in [7, 11) is 0. The molecule has 0 aromatic heterocycles. The average molecular weight is 319 g/mol. The molecule has 0 fully saturated rings. The Morgan fingerprint density at radius 3 is 2.60 bits per heavy atom. The van der Waals surface area contributed by atoms with Gasteiger partial charge in [-0.1, -0.05) is 52.9 Å². The third-order valence-corrected chi connectivity index (χ3v) is 2.35. The van der Waals surface area contributed by atoms with E-state index >= 15 is 0 Å². The van der Waals surface area contributed by atoms with E-state index in [9.17, 15) is 4.79 Å². The maximum absolute atomic E-state index is 11.2. The van der Waals surface area contributed by atoms with Crippen molar-refractivity contribution in [3.8, 4) is 0 Å². The molecule has 0 aliphatic heterocycles. The second kappa shape index (κ2) is 6.79. The number of halogens is 1. The quantitative estimate of drug-likeness (QED) is 0.474. The van der Waals surface area contributed by atoms with Gasteiger partial charge in [-0.15, -0.1) is 0 Å². The standard InChI is InChI=1S/C11H14INO2/c1-10(14)13(8-7-12)15-9-11-5-3-2-4-6-11/h2-6H,7-9H2,1H3. The molecule has 0 bridgehead atoms. The van der Waals surface area contributed by atoms with Gasteiger partial charge in [0.2, 0.25) is 5.91 Å². The zero-order valence-electron chi connectivity index (χ0n) is 8.65. The summed E-state index contributed by atoms with van der Waals surface area (Å²) < 4.78 is 0.867. The van der Waals surface area contributed by atoms with Crippen LogP contribution in [0.1, 0.15) is 12.5 Å². The largest absolute Gasteiger partial charge is 0.273 e. The van der Waals surface area contributed by atoms with Crippen LogP contribution in [-0.4, -0.2) is 21.9 Å². The predicted molar refractivity (Wildman–Crippen MR) is 67.5 cm³/mol. The Morgan fingerprint density at radius 2 is 2.07 bits per heavy atom. The van der Waals surface area contributed by atoms with Crippen molar-refractivity contribution in [2.24, 2.45) is 0 Å². The van der Waals surface area contributed by atoms with E-state index in [2.05, 4.69) is 22.6 Å². The van der Waals surface area contributed by atoms with E-state index in [1.165, 1.54) is 12.0 Å². The Kier molecular flexibility index (Phi) is 5.63. The molecule has 0 spiro atoms. The molecule has 1 rings (SSSR count). The summed E-state index contributed by atoms with van der Waals surface area (Å²) in [5.74, 6) is -0.0532. The number of hydrogen-bond acceptors (Lipinski definition) is 2. The minimum Gasteiger partial charge on any atom is -0.273 e. The molecule has 0 heterocycles. The van der Waals surface area contributed by atoms with E-state index in [-0.39, 0.29) is 5.91 Å². The van der Waals surface area contributed by atoms with Crippen molar-refractivity contribution >= 4 is 28.5 Å². The van der Waals surface area contributed by atoms with Crippen LogP contribution in [0.4, 0.5) is 0 Å². The van der Waals surface area contributed by atoms with Crippen LogP contribution in [0.3, 0.4) is 0 Å². The van der Waals surface area contributed by atoms with Crippen molar-refractivity contribution in [2.45, 2.75) is 13.5 Å². The molecule has 15 heavy (non-hydrogen) atoms. The van der Waals surface area contributed by atoms with Gasteiger partial charge in [0.05, 0.1) is 6.54 Å². The van der Waals surface area contributed by atoms with Crippen molar-refractivity contribution in [2.75, 3.05) is 11.0 Å². The lowest BCUT2D eigenvalue weighted by atomic mass is 10.2. The fraction of sp³-hybridized carbons (Fsp3) is 0.364. The first-order valence-electron chi connectivity index (χ1n) is 4.75. The maximum atomic E-state index is 11.2. The molecule has 0 saturated heterocycles. The zero-order chi connectivity index (χ0) is 11.1. The van der Waals surface area contributed by atoms with Gasteiger partial charge in [0.1, 0.15) is 6.61 Å². The van der Waals surface area contributed by atoms with Gasteiger partial charge in [0.25, 0.3) is 0 Å². The Bertz CT molecular complexity index is 303. The number of nitrogens with zero attached hydrogens (tertiary/aromatic N) is 1. The summed E-state index contributed by atoms with van der Waals surface area (Å²) >= 11 is 2.22. The molecule has 82 valence electrons.